The van der Waals surface area contributed by atoms with Crippen LogP contribution in [0.2, 0.25) is 0 Å². The standard InChI is InChI=1S/C26H40O3/c1-17-18(2)20(4)25(21(5)19(17)3)23-6-8-24(9-7-23)27-16-22-10-12-26(13-11-22)28-14-15-29-26/h22-24H,6-16H2,1-5H3. The van der Waals surface area contributed by atoms with Crippen molar-refractivity contribution in [3.63, 3.8) is 0 Å². The second-order valence-electron chi connectivity index (χ2n) is 9.90. The van der Waals surface area contributed by atoms with Gasteiger partial charge >= 0.3 is 0 Å². The molecular formula is C26H40O3. The second kappa shape index (κ2) is 8.69. The minimum absolute atomic E-state index is 0.241. The molecule has 4 rings (SSSR count). The van der Waals surface area contributed by atoms with Crippen molar-refractivity contribution in [1.82, 2.24) is 0 Å². The summed E-state index contributed by atoms with van der Waals surface area (Å²) in [6.07, 6.45) is 9.83. The Labute approximate surface area is 177 Å². The molecule has 2 aliphatic carbocycles. The van der Waals surface area contributed by atoms with Crippen LogP contribution in [-0.2, 0) is 14.2 Å². The highest BCUT2D eigenvalue weighted by Crippen LogP contribution is 2.41. The van der Waals surface area contributed by atoms with Gasteiger partial charge in [0, 0.05) is 19.4 Å². The Bertz CT molecular complexity index is 685. The van der Waals surface area contributed by atoms with Crippen LogP contribution in [0.5, 0.6) is 0 Å². The molecular weight excluding hydrogens is 360 g/mol. The summed E-state index contributed by atoms with van der Waals surface area (Å²) < 4.78 is 18.1. The molecule has 0 aromatic heterocycles. The van der Waals surface area contributed by atoms with Crippen molar-refractivity contribution in [2.24, 2.45) is 5.92 Å². The first kappa shape index (κ1) is 21.3. The third kappa shape index (κ3) is 4.29. The Balaban J connectivity index is 1.27. The lowest BCUT2D eigenvalue weighted by Crippen LogP contribution is -2.36. The monoisotopic (exact) mass is 400 g/mol. The topological polar surface area (TPSA) is 27.7 Å². The van der Waals surface area contributed by atoms with Gasteiger partial charge in [-0.15, -0.1) is 0 Å². The maximum Gasteiger partial charge on any atom is 0.168 e. The van der Waals surface area contributed by atoms with E-state index in [-0.39, 0.29) is 5.79 Å². The number of benzene rings is 1. The van der Waals surface area contributed by atoms with Crippen molar-refractivity contribution in [3.05, 3.63) is 33.4 Å². The minimum atomic E-state index is -0.241. The Morgan fingerprint density at radius 1 is 0.724 bits per heavy atom. The molecule has 0 N–H and O–H groups in total. The molecule has 1 aromatic carbocycles. The second-order valence-corrected chi connectivity index (χ2v) is 9.90. The maximum atomic E-state index is 6.40. The number of hydrogen-bond donors (Lipinski definition) is 0. The van der Waals surface area contributed by atoms with Gasteiger partial charge in [0.2, 0.25) is 0 Å². The van der Waals surface area contributed by atoms with E-state index < -0.39 is 0 Å². The highest BCUT2D eigenvalue weighted by Gasteiger charge is 2.40. The lowest BCUT2D eigenvalue weighted by molar-refractivity contribution is -0.185. The van der Waals surface area contributed by atoms with Gasteiger partial charge in [-0.05, 0) is 118 Å². The first-order valence-electron chi connectivity index (χ1n) is 11.9. The summed E-state index contributed by atoms with van der Waals surface area (Å²) >= 11 is 0. The molecule has 0 atom stereocenters. The van der Waals surface area contributed by atoms with Gasteiger partial charge in [0.25, 0.3) is 0 Å². The van der Waals surface area contributed by atoms with Gasteiger partial charge in [-0.1, -0.05) is 0 Å². The first-order valence-corrected chi connectivity index (χ1v) is 11.9. The molecule has 3 nitrogen and oxygen atoms in total. The van der Waals surface area contributed by atoms with E-state index in [4.69, 9.17) is 14.2 Å². The van der Waals surface area contributed by atoms with Crippen molar-refractivity contribution in [2.75, 3.05) is 19.8 Å². The molecule has 3 fully saturated rings. The van der Waals surface area contributed by atoms with E-state index in [1.165, 1.54) is 66.3 Å². The molecule has 3 heteroatoms. The Hall–Kier alpha value is -0.900. The van der Waals surface area contributed by atoms with Gasteiger partial charge in [-0.3, -0.25) is 0 Å². The normalized spacial score (nSPS) is 27.6. The molecule has 29 heavy (non-hydrogen) atoms. The van der Waals surface area contributed by atoms with Gasteiger partial charge in [0.15, 0.2) is 5.79 Å². The summed E-state index contributed by atoms with van der Waals surface area (Å²) in [5.74, 6) is 1.14. The zero-order valence-electron chi connectivity index (χ0n) is 19.2. The largest absolute Gasteiger partial charge is 0.378 e. The van der Waals surface area contributed by atoms with E-state index in [0.29, 0.717) is 17.9 Å². The van der Waals surface area contributed by atoms with Crippen LogP contribution in [-0.4, -0.2) is 31.7 Å². The van der Waals surface area contributed by atoms with Crippen molar-refractivity contribution in [1.29, 1.82) is 0 Å². The predicted molar refractivity (Wildman–Crippen MR) is 118 cm³/mol. The summed E-state index contributed by atoms with van der Waals surface area (Å²) in [5, 5.41) is 0. The van der Waals surface area contributed by atoms with Gasteiger partial charge in [-0.2, -0.15) is 0 Å². The molecule has 162 valence electrons. The SMILES string of the molecule is Cc1c(C)c(C)c(C2CCC(OCC3CCC4(CC3)OCCO4)CC2)c(C)c1C. The van der Waals surface area contributed by atoms with Crippen LogP contribution in [0.4, 0.5) is 0 Å². The number of rotatable bonds is 4. The number of ether oxygens (including phenoxy) is 3. The minimum Gasteiger partial charge on any atom is -0.378 e. The summed E-state index contributed by atoms with van der Waals surface area (Å²) in [4.78, 5) is 0. The molecule has 2 saturated carbocycles. The average Bonchev–Trinajstić information content (AvgIpc) is 3.19. The van der Waals surface area contributed by atoms with Crippen molar-refractivity contribution < 1.29 is 14.2 Å². The molecule has 1 heterocycles. The molecule has 0 unspecified atom stereocenters. The highest BCUT2D eigenvalue weighted by atomic mass is 16.7. The molecule has 1 saturated heterocycles. The fourth-order valence-electron chi connectivity index (χ4n) is 6.00. The molecule has 0 bridgehead atoms. The van der Waals surface area contributed by atoms with E-state index >= 15 is 0 Å². The lowest BCUT2D eigenvalue weighted by Gasteiger charge is -2.36. The van der Waals surface area contributed by atoms with E-state index in [9.17, 15) is 0 Å². The highest BCUT2D eigenvalue weighted by molar-refractivity contribution is 5.51. The van der Waals surface area contributed by atoms with Crippen LogP contribution in [0.15, 0.2) is 0 Å². The Morgan fingerprint density at radius 3 is 1.79 bits per heavy atom. The fourth-order valence-corrected chi connectivity index (χ4v) is 6.00. The quantitative estimate of drug-likeness (QED) is 0.602. The summed E-state index contributed by atoms with van der Waals surface area (Å²) in [6.45, 7) is 14.0. The lowest BCUT2D eigenvalue weighted by atomic mass is 9.76. The zero-order chi connectivity index (χ0) is 20.6. The van der Waals surface area contributed by atoms with E-state index in [2.05, 4.69) is 34.6 Å². The van der Waals surface area contributed by atoms with Gasteiger partial charge in [0.1, 0.15) is 0 Å². The van der Waals surface area contributed by atoms with Gasteiger partial charge in [-0.25, -0.2) is 0 Å². The summed E-state index contributed by atoms with van der Waals surface area (Å²) in [6, 6.07) is 0. The molecule has 1 spiro atoms. The summed E-state index contributed by atoms with van der Waals surface area (Å²) in [7, 11) is 0. The van der Waals surface area contributed by atoms with Crippen molar-refractivity contribution >= 4 is 0 Å². The summed E-state index contributed by atoms with van der Waals surface area (Å²) in [5.41, 5.74) is 9.16. The van der Waals surface area contributed by atoms with Crippen molar-refractivity contribution in [2.45, 2.75) is 104 Å². The maximum absolute atomic E-state index is 6.40. The molecule has 1 aliphatic heterocycles. The predicted octanol–water partition coefficient (Wildman–Crippen LogP) is 6.20. The van der Waals surface area contributed by atoms with Gasteiger partial charge in [0.05, 0.1) is 19.3 Å². The smallest absolute Gasteiger partial charge is 0.168 e. The van der Waals surface area contributed by atoms with E-state index in [1.807, 2.05) is 0 Å². The van der Waals surface area contributed by atoms with E-state index in [0.717, 1.165) is 32.7 Å². The van der Waals surface area contributed by atoms with E-state index in [1.54, 1.807) is 5.56 Å². The Morgan fingerprint density at radius 2 is 1.24 bits per heavy atom. The van der Waals surface area contributed by atoms with Crippen LogP contribution in [0.3, 0.4) is 0 Å². The van der Waals surface area contributed by atoms with Crippen molar-refractivity contribution in [3.8, 4) is 0 Å². The third-order valence-corrected chi connectivity index (χ3v) is 8.39. The van der Waals surface area contributed by atoms with Crippen LogP contribution in [0, 0.1) is 40.5 Å². The number of hydrogen-bond acceptors (Lipinski definition) is 3. The van der Waals surface area contributed by atoms with Gasteiger partial charge < -0.3 is 14.2 Å². The molecule has 0 radical (unpaired) electrons. The van der Waals surface area contributed by atoms with Crippen LogP contribution in [0.1, 0.15) is 90.7 Å². The molecule has 3 aliphatic rings. The van der Waals surface area contributed by atoms with Crippen LogP contribution < -0.4 is 0 Å². The molecule has 1 aromatic rings. The first-order chi connectivity index (χ1) is 13.9. The average molecular weight is 401 g/mol. The molecule has 0 amide bonds. The third-order valence-electron chi connectivity index (χ3n) is 8.39. The van der Waals surface area contributed by atoms with Crippen LogP contribution >= 0.6 is 0 Å². The zero-order valence-corrected chi connectivity index (χ0v) is 19.2. The fraction of sp³-hybridized carbons (Fsp3) is 0.769. The Kier molecular flexibility index (Phi) is 6.39. The van der Waals surface area contributed by atoms with Crippen LogP contribution in [0.25, 0.3) is 0 Å².